The Morgan fingerprint density at radius 2 is 2.31 bits per heavy atom. The van der Waals surface area contributed by atoms with E-state index in [9.17, 15) is 4.79 Å². The summed E-state index contributed by atoms with van der Waals surface area (Å²) in [4.78, 5) is 11.5. The minimum atomic E-state index is -0.161. The van der Waals surface area contributed by atoms with Gasteiger partial charge in [-0.1, -0.05) is 0 Å². The summed E-state index contributed by atoms with van der Waals surface area (Å²) in [6.07, 6.45) is 0. The van der Waals surface area contributed by atoms with Gasteiger partial charge in [-0.05, 0) is 13.8 Å². The van der Waals surface area contributed by atoms with Gasteiger partial charge in [0.2, 0.25) is 0 Å². The van der Waals surface area contributed by atoms with Gasteiger partial charge in [0, 0.05) is 19.3 Å². The van der Waals surface area contributed by atoms with Crippen LogP contribution in [0.4, 0.5) is 5.82 Å². The highest BCUT2D eigenvalue weighted by Gasteiger charge is 2.16. The average molecular weight is 182 g/mol. The minimum absolute atomic E-state index is 0.161. The zero-order valence-electron chi connectivity index (χ0n) is 8.09. The van der Waals surface area contributed by atoms with Crippen LogP contribution in [-0.2, 0) is 7.05 Å². The van der Waals surface area contributed by atoms with E-state index >= 15 is 0 Å². The fourth-order valence-corrected chi connectivity index (χ4v) is 1.16. The van der Waals surface area contributed by atoms with Gasteiger partial charge in [0.15, 0.2) is 5.82 Å². The molecule has 0 unspecified atom stereocenters. The van der Waals surface area contributed by atoms with Gasteiger partial charge in [-0.3, -0.25) is 9.48 Å². The number of rotatable bonds is 2. The van der Waals surface area contributed by atoms with E-state index in [0.29, 0.717) is 12.1 Å². The molecule has 1 amide bonds. The van der Waals surface area contributed by atoms with Gasteiger partial charge in [-0.25, -0.2) is 0 Å². The Labute approximate surface area is 76.9 Å². The van der Waals surface area contributed by atoms with Crippen LogP contribution in [0.15, 0.2) is 0 Å². The molecule has 5 nitrogen and oxygen atoms in total. The van der Waals surface area contributed by atoms with E-state index in [0.717, 1.165) is 5.69 Å². The molecule has 1 rings (SSSR count). The van der Waals surface area contributed by atoms with Crippen molar-refractivity contribution in [2.75, 3.05) is 12.3 Å². The van der Waals surface area contributed by atoms with Crippen LogP contribution in [0.25, 0.3) is 0 Å². The van der Waals surface area contributed by atoms with Crippen molar-refractivity contribution in [3.63, 3.8) is 0 Å². The molecule has 1 heterocycles. The van der Waals surface area contributed by atoms with Gasteiger partial charge in [-0.15, -0.1) is 0 Å². The average Bonchev–Trinajstić information content (AvgIpc) is 2.27. The van der Waals surface area contributed by atoms with Gasteiger partial charge >= 0.3 is 0 Å². The third kappa shape index (κ3) is 1.63. The zero-order valence-corrected chi connectivity index (χ0v) is 8.09. The molecule has 1 aromatic rings. The van der Waals surface area contributed by atoms with E-state index < -0.39 is 0 Å². The topological polar surface area (TPSA) is 72.9 Å². The van der Waals surface area contributed by atoms with Crippen LogP contribution < -0.4 is 11.1 Å². The van der Waals surface area contributed by atoms with Gasteiger partial charge in [-0.2, -0.15) is 5.10 Å². The Balaban J connectivity index is 3.06. The highest BCUT2D eigenvalue weighted by Crippen LogP contribution is 2.13. The van der Waals surface area contributed by atoms with Gasteiger partial charge < -0.3 is 11.1 Å². The number of aromatic nitrogens is 2. The first-order valence-electron chi connectivity index (χ1n) is 4.15. The molecular formula is C8H14N4O. The Morgan fingerprint density at radius 3 is 2.69 bits per heavy atom. The molecule has 0 saturated carbocycles. The van der Waals surface area contributed by atoms with E-state index in [2.05, 4.69) is 10.4 Å². The third-order valence-corrected chi connectivity index (χ3v) is 1.93. The van der Waals surface area contributed by atoms with Gasteiger partial charge in [0.25, 0.3) is 5.91 Å². The van der Waals surface area contributed by atoms with E-state index in [4.69, 9.17) is 5.73 Å². The molecule has 0 aliphatic carbocycles. The number of hydrogen-bond acceptors (Lipinski definition) is 3. The van der Waals surface area contributed by atoms with Crippen molar-refractivity contribution in [3.8, 4) is 0 Å². The van der Waals surface area contributed by atoms with E-state index in [1.54, 1.807) is 11.7 Å². The van der Waals surface area contributed by atoms with Crippen molar-refractivity contribution in [1.82, 2.24) is 15.1 Å². The second-order valence-electron chi connectivity index (χ2n) is 2.83. The number of hydrogen-bond donors (Lipinski definition) is 2. The molecule has 0 spiro atoms. The predicted molar refractivity (Wildman–Crippen MR) is 50.4 cm³/mol. The summed E-state index contributed by atoms with van der Waals surface area (Å²) in [5, 5.41) is 6.63. The highest BCUT2D eigenvalue weighted by atomic mass is 16.1. The first-order chi connectivity index (χ1) is 6.07. The number of nitrogens with zero attached hydrogens (tertiary/aromatic N) is 2. The molecule has 0 bridgehead atoms. The quantitative estimate of drug-likeness (QED) is 0.679. The molecule has 0 fully saturated rings. The summed E-state index contributed by atoms with van der Waals surface area (Å²) < 4.78 is 1.60. The number of nitrogen functional groups attached to an aromatic ring is 1. The molecule has 5 heteroatoms. The molecular weight excluding hydrogens is 168 g/mol. The molecule has 0 aliphatic heterocycles. The van der Waals surface area contributed by atoms with Gasteiger partial charge in [0.05, 0.1) is 0 Å². The monoisotopic (exact) mass is 182 g/mol. The number of anilines is 1. The number of carbonyl (C=O) groups is 1. The maximum absolute atomic E-state index is 11.5. The predicted octanol–water partition coefficient (Wildman–Crippen LogP) is 0.0604. The first kappa shape index (κ1) is 9.57. The van der Waals surface area contributed by atoms with Gasteiger partial charge in [0.1, 0.15) is 5.56 Å². The molecule has 0 saturated heterocycles. The molecule has 0 aromatic carbocycles. The maximum Gasteiger partial charge on any atom is 0.256 e. The Morgan fingerprint density at radius 1 is 1.69 bits per heavy atom. The minimum Gasteiger partial charge on any atom is -0.382 e. The highest BCUT2D eigenvalue weighted by molar-refractivity contribution is 5.99. The lowest BCUT2D eigenvalue weighted by atomic mass is 10.2. The number of amides is 1. The third-order valence-electron chi connectivity index (χ3n) is 1.93. The molecule has 0 radical (unpaired) electrons. The van der Waals surface area contributed by atoms with Crippen LogP contribution in [0.1, 0.15) is 23.0 Å². The van der Waals surface area contributed by atoms with E-state index in [-0.39, 0.29) is 11.7 Å². The summed E-state index contributed by atoms with van der Waals surface area (Å²) in [5.41, 5.74) is 6.84. The van der Waals surface area contributed by atoms with Crippen molar-refractivity contribution in [2.45, 2.75) is 13.8 Å². The van der Waals surface area contributed by atoms with Crippen LogP contribution in [0.2, 0.25) is 0 Å². The van der Waals surface area contributed by atoms with Crippen LogP contribution in [0.5, 0.6) is 0 Å². The molecule has 3 N–H and O–H groups in total. The lowest BCUT2D eigenvalue weighted by Crippen LogP contribution is -2.24. The number of carbonyl (C=O) groups excluding carboxylic acids is 1. The van der Waals surface area contributed by atoms with E-state index in [1.165, 1.54) is 0 Å². The van der Waals surface area contributed by atoms with Crippen LogP contribution in [-0.4, -0.2) is 22.2 Å². The van der Waals surface area contributed by atoms with Crippen molar-refractivity contribution >= 4 is 11.7 Å². The van der Waals surface area contributed by atoms with E-state index in [1.807, 2.05) is 13.8 Å². The summed E-state index contributed by atoms with van der Waals surface area (Å²) in [5.74, 6) is 0.122. The zero-order chi connectivity index (χ0) is 10.0. The SMILES string of the molecule is CCNC(=O)c1c(N)nn(C)c1C. The number of aryl methyl sites for hydroxylation is 1. The molecule has 0 atom stereocenters. The number of nitrogens with one attached hydrogen (secondary N) is 1. The molecule has 1 aromatic heterocycles. The van der Waals surface area contributed by atoms with Crippen molar-refractivity contribution in [2.24, 2.45) is 7.05 Å². The lowest BCUT2D eigenvalue weighted by Gasteiger charge is -2.01. The Hall–Kier alpha value is -1.52. The second-order valence-corrected chi connectivity index (χ2v) is 2.83. The van der Waals surface area contributed by atoms with Crippen LogP contribution >= 0.6 is 0 Å². The smallest absolute Gasteiger partial charge is 0.256 e. The normalized spacial score (nSPS) is 10.1. The fraction of sp³-hybridized carbons (Fsp3) is 0.500. The summed E-state index contributed by atoms with van der Waals surface area (Å²) in [7, 11) is 1.76. The van der Waals surface area contributed by atoms with Crippen LogP contribution in [0.3, 0.4) is 0 Å². The van der Waals surface area contributed by atoms with Crippen molar-refractivity contribution in [1.29, 1.82) is 0 Å². The largest absolute Gasteiger partial charge is 0.382 e. The Bertz CT molecular complexity index is 329. The lowest BCUT2D eigenvalue weighted by molar-refractivity contribution is 0.0956. The fourth-order valence-electron chi connectivity index (χ4n) is 1.16. The molecule has 72 valence electrons. The first-order valence-corrected chi connectivity index (χ1v) is 4.15. The van der Waals surface area contributed by atoms with Crippen molar-refractivity contribution < 1.29 is 4.79 Å². The molecule has 13 heavy (non-hydrogen) atoms. The number of nitrogens with two attached hydrogens (primary N) is 1. The maximum atomic E-state index is 11.5. The standard InChI is InChI=1S/C8H14N4O/c1-4-10-8(13)6-5(2)12(3)11-7(6)9/h4H2,1-3H3,(H2,9,11)(H,10,13). The summed E-state index contributed by atoms with van der Waals surface area (Å²) in [6, 6.07) is 0. The second kappa shape index (κ2) is 3.47. The Kier molecular flexibility index (Phi) is 2.55. The summed E-state index contributed by atoms with van der Waals surface area (Å²) in [6.45, 7) is 4.26. The molecule has 0 aliphatic rings. The van der Waals surface area contributed by atoms with Crippen LogP contribution in [0, 0.1) is 6.92 Å². The summed E-state index contributed by atoms with van der Waals surface area (Å²) >= 11 is 0. The van der Waals surface area contributed by atoms with Crippen molar-refractivity contribution in [3.05, 3.63) is 11.3 Å².